The molecule has 2 rings (SSSR count). The van der Waals surface area contributed by atoms with Crippen molar-refractivity contribution in [3.8, 4) is 5.75 Å². The van der Waals surface area contributed by atoms with E-state index in [1.165, 1.54) is 11.3 Å². The molecule has 15 heavy (non-hydrogen) atoms. The number of ether oxygens (including phenoxy) is 2. The number of hydrogen-bond acceptors (Lipinski definition) is 5. The second kappa shape index (κ2) is 4.46. The first-order chi connectivity index (χ1) is 7.29. The number of nitrogens with two attached hydrogens (primary N) is 1. The van der Waals surface area contributed by atoms with Crippen LogP contribution >= 0.6 is 11.3 Å². The van der Waals surface area contributed by atoms with Gasteiger partial charge < -0.3 is 15.2 Å². The van der Waals surface area contributed by atoms with Crippen LogP contribution in [0.4, 0.5) is 5.13 Å². The van der Waals surface area contributed by atoms with Crippen molar-refractivity contribution in [1.29, 1.82) is 0 Å². The summed E-state index contributed by atoms with van der Waals surface area (Å²) in [6, 6.07) is 5.76. The van der Waals surface area contributed by atoms with Crippen molar-refractivity contribution < 1.29 is 9.47 Å². The van der Waals surface area contributed by atoms with Gasteiger partial charge in [-0.1, -0.05) is 11.3 Å². The molecule has 0 aliphatic rings. The summed E-state index contributed by atoms with van der Waals surface area (Å²) >= 11 is 1.48. The normalized spacial score (nSPS) is 10.7. The fourth-order valence-corrected chi connectivity index (χ4v) is 1.97. The van der Waals surface area contributed by atoms with Crippen molar-refractivity contribution in [1.82, 2.24) is 4.98 Å². The minimum atomic E-state index is 0.543. The molecule has 0 bridgehead atoms. The topological polar surface area (TPSA) is 57.4 Å². The number of nitrogens with zero attached hydrogens (tertiary/aromatic N) is 1. The molecule has 1 aromatic heterocycles. The highest BCUT2D eigenvalue weighted by molar-refractivity contribution is 7.22. The van der Waals surface area contributed by atoms with Gasteiger partial charge in [0, 0.05) is 13.2 Å². The second-order valence-electron chi connectivity index (χ2n) is 3.02. The maximum Gasteiger partial charge on any atom is 0.181 e. The van der Waals surface area contributed by atoms with Gasteiger partial charge in [0.15, 0.2) is 5.13 Å². The Morgan fingerprint density at radius 2 is 2.27 bits per heavy atom. The third-order valence-corrected chi connectivity index (χ3v) is 2.80. The molecule has 0 unspecified atom stereocenters. The van der Waals surface area contributed by atoms with Gasteiger partial charge in [-0.25, -0.2) is 4.98 Å². The number of benzene rings is 1. The molecule has 4 nitrogen and oxygen atoms in total. The molecular weight excluding hydrogens is 212 g/mol. The lowest BCUT2D eigenvalue weighted by atomic mass is 10.3. The molecule has 0 amide bonds. The third kappa shape index (κ3) is 2.37. The minimum absolute atomic E-state index is 0.543. The molecule has 2 aromatic rings. The average Bonchev–Trinajstić information content (AvgIpc) is 2.57. The Hall–Kier alpha value is -1.33. The summed E-state index contributed by atoms with van der Waals surface area (Å²) < 4.78 is 11.4. The summed E-state index contributed by atoms with van der Waals surface area (Å²) in [5.74, 6) is 0.796. The summed E-state index contributed by atoms with van der Waals surface area (Å²) in [5.41, 5.74) is 6.49. The molecule has 1 heterocycles. The van der Waals surface area contributed by atoms with Gasteiger partial charge >= 0.3 is 0 Å². The van der Waals surface area contributed by atoms with Crippen LogP contribution in [0.2, 0.25) is 0 Å². The first-order valence-corrected chi connectivity index (χ1v) is 5.39. The van der Waals surface area contributed by atoms with E-state index in [0.717, 1.165) is 16.0 Å². The van der Waals surface area contributed by atoms with E-state index in [1.54, 1.807) is 7.11 Å². The minimum Gasteiger partial charge on any atom is -0.491 e. The molecular formula is C10H12N2O2S. The van der Waals surface area contributed by atoms with Crippen LogP contribution in [0.1, 0.15) is 0 Å². The number of rotatable bonds is 4. The van der Waals surface area contributed by atoms with E-state index in [9.17, 15) is 0 Å². The van der Waals surface area contributed by atoms with Gasteiger partial charge in [-0.15, -0.1) is 0 Å². The van der Waals surface area contributed by atoms with Gasteiger partial charge in [0.1, 0.15) is 12.4 Å². The third-order valence-electron chi connectivity index (χ3n) is 1.93. The quantitative estimate of drug-likeness (QED) is 0.806. The zero-order chi connectivity index (χ0) is 10.7. The Bertz CT molecular complexity index is 456. The van der Waals surface area contributed by atoms with Gasteiger partial charge in [0.25, 0.3) is 0 Å². The van der Waals surface area contributed by atoms with Gasteiger partial charge in [0.2, 0.25) is 0 Å². The van der Waals surface area contributed by atoms with E-state index < -0.39 is 0 Å². The molecule has 2 N–H and O–H groups in total. The van der Waals surface area contributed by atoms with Crippen LogP contribution in [-0.4, -0.2) is 25.3 Å². The molecule has 0 fully saturated rings. The zero-order valence-electron chi connectivity index (χ0n) is 8.40. The van der Waals surface area contributed by atoms with E-state index in [4.69, 9.17) is 15.2 Å². The highest BCUT2D eigenvalue weighted by Crippen LogP contribution is 2.26. The Balaban J connectivity index is 2.15. The van der Waals surface area contributed by atoms with Crippen LogP contribution in [0, 0.1) is 0 Å². The van der Waals surface area contributed by atoms with Crippen molar-refractivity contribution in [2.75, 3.05) is 26.1 Å². The molecule has 0 saturated heterocycles. The summed E-state index contributed by atoms with van der Waals surface area (Å²) in [6.07, 6.45) is 0. The molecule has 0 saturated carbocycles. The maximum absolute atomic E-state index is 5.61. The van der Waals surface area contributed by atoms with Crippen molar-refractivity contribution in [3.05, 3.63) is 18.2 Å². The van der Waals surface area contributed by atoms with E-state index in [2.05, 4.69) is 4.98 Å². The molecule has 0 aliphatic carbocycles. The van der Waals surface area contributed by atoms with E-state index in [1.807, 2.05) is 18.2 Å². The van der Waals surface area contributed by atoms with Crippen molar-refractivity contribution in [2.45, 2.75) is 0 Å². The Kier molecular flexibility index (Phi) is 3.03. The smallest absolute Gasteiger partial charge is 0.181 e. The second-order valence-corrected chi connectivity index (χ2v) is 4.09. The number of nitrogen functional groups attached to an aromatic ring is 1. The lowest BCUT2D eigenvalue weighted by Crippen LogP contribution is -2.03. The fraction of sp³-hybridized carbons (Fsp3) is 0.300. The van der Waals surface area contributed by atoms with Crippen molar-refractivity contribution in [2.24, 2.45) is 0 Å². The first kappa shape index (κ1) is 10.2. The van der Waals surface area contributed by atoms with Gasteiger partial charge in [-0.05, 0) is 12.1 Å². The van der Waals surface area contributed by atoms with E-state index in [-0.39, 0.29) is 0 Å². The lowest BCUT2D eigenvalue weighted by Gasteiger charge is -2.04. The number of fused-ring (bicyclic) bond motifs is 1. The molecule has 5 heteroatoms. The predicted molar refractivity (Wildman–Crippen MR) is 61.4 cm³/mol. The largest absolute Gasteiger partial charge is 0.491 e. The Morgan fingerprint density at radius 3 is 3.07 bits per heavy atom. The number of thiazole rings is 1. The summed E-state index contributed by atoms with van der Waals surface area (Å²) in [4.78, 5) is 4.19. The van der Waals surface area contributed by atoms with Crippen molar-refractivity contribution >= 4 is 26.7 Å². The highest BCUT2D eigenvalue weighted by atomic mass is 32.1. The monoisotopic (exact) mass is 224 g/mol. The summed E-state index contributed by atoms with van der Waals surface area (Å²) in [7, 11) is 1.65. The standard InChI is InChI=1S/C10H12N2O2S/c1-13-4-5-14-7-2-3-9-8(6-7)12-10(11)15-9/h2-3,6H,4-5H2,1H3,(H2,11,12). The van der Waals surface area contributed by atoms with Gasteiger partial charge in [0.05, 0.1) is 16.8 Å². The Labute approximate surface area is 91.6 Å². The summed E-state index contributed by atoms with van der Waals surface area (Å²) in [5, 5.41) is 0.582. The van der Waals surface area contributed by atoms with Crippen LogP contribution in [0.3, 0.4) is 0 Å². The molecule has 80 valence electrons. The molecule has 0 atom stereocenters. The number of aromatic nitrogens is 1. The van der Waals surface area contributed by atoms with Crippen LogP contribution in [0.5, 0.6) is 5.75 Å². The molecule has 0 aliphatic heterocycles. The van der Waals surface area contributed by atoms with E-state index >= 15 is 0 Å². The number of methoxy groups -OCH3 is 1. The van der Waals surface area contributed by atoms with Crippen LogP contribution < -0.4 is 10.5 Å². The first-order valence-electron chi connectivity index (χ1n) is 4.57. The predicted octanol–water partition coefficient (Wildman–Crippen LogP) is 1.90. The van der Waals surface area contributed by atoms with Crippen LogP contribution in [0.15, 0.2) is 18.2 Å². The molecule has 0 spiro atoms. The zero-order valence-corrected chi connectivity index (χ0v) is 9.21. The highest BCUT2D eigenvalue weighted by Gasteiger charge is 2.02. The lowest BCUT2D eigenvalue weighted by molar-refractivity contribution is 0.146. The number of anilines is 1. The fourth-order valence-electron chi connectivity index (χ4n) is 1.26. The van der Waals surface area contributed by atoms with E-state index in [0.29, 0.717) is 18.3 Å². The molecule has 0 radical (unpaired) electrons. The maximum atomic E-state index is 5.61. The SMILES string of the molecule is COCCOc1ccc2sc(N)nc2c1. The summed E-state index contributed by atoms with van der Waals surface area (Å²) in [6.45, 7) is 1.12. The van der Waals surface area contributed by atoms with Crippen LogP contribution in [0.25, 0.3) is 10.2 Å². The van der Waals surface area contributed by atoms with Crippen LogP contribution in [-0.2, 0) is 4.74 Å². The van der Waals surface area contributed by atoms with Gasteiger partial charge in [-0.2, -0.15) is 0 Å². The van der Waals surface area contributed by atoms with Gasteiger partial charge in [-0.3, -0.25) is 0 Å². The molecule has 1 aromatic carbocycles. The Morgan fingerprint density at radius 1 is 1.40 bits per heavy atom. The number of hydrogen-bond donors (Lipinski definition) is 1. The average molecular weight is 224 g/mol. The van der Waals surface area contributed by atoms with Crippen molar-refractivity contribution in [3.63, 3.8) is 0 Å².